The van der Waals surface area contributed by atoms with Crippen LogP contribution in [0.15, 0.2) is 12.1 Å². The van der Waals surface area contributed by atoms with Crippen molar-refractivity contribution < 1.29 is 19.5 Å². The third-order valence-corrected chi connectivity index (χ3v) is 5.42. The number of hydrogen-bond donors (Lipinski definition) is 2. The number of rotatable bonds is 3. The lowest BCUT2D eigenvalue weighted by atomic mass is 9.83. The van der Waals surface area contributed by atoms with E-state index >= 15 is 0 Å². The predicted molar refractivity (Wildman–Crippen MR) is 97.7 cm³/mol. The molecule has 7 nitrogen and oxygen atoms in total. The number of nitrogens with two attached hydrogens (primary N) is 1. The molecule has 2 atom stereocenters. The van der Waals surface area contributed by atoms with Gasteiger partial charge in [0.2, 0.25) is 0 Å². The van der Waals surface area contributed by atoms with Crippen LogP contribution in [-0.4, -0.2) is 61.0 Å². The molecule has 0 bridgehead atoms. The van der Waals surface area contributed by atoms with Crippen molar-refractivity contribution >= 4 is 6.09 Å². The van der Waals surface area contributed by atoms with Crippen LogP contribution in [0.1, 0.15) is 35.6 Å². The number of hydrogen-bond acceptors (Lipinski definition) is 6. The zero-order valence-electron chi connectivity index (χ0n) is 15.8. The lowest BCUT2D eigenvalue weighted by molar-refractivity contribution is -0.142. The summed E-state index contributed by atoms with van der Waals surface area (Å²) in [6.45, 7) is 3.68. The standard InChI is InChI=1S/C19H29N3O4/c1-12-4-5-14-15(18(12)23)10-16(25-17(14)11-20)13-6-8-22(9-7-13)26-19(24)21(2)3/h4-5,13,16-17,23H,6-11,20H2,1-3H3/t16-,17-/m0/s1. The topological polar surface area (TPSA) is 88.3 Å². The van der Waals surface area contributed by atoms with E-state index in [0.717, 1.165) is 29.5 Å². The molecule has 0 aliphatic carbocycles. The second kappa shape index (κ2) is 7.82. The Bertz CT molecular complexity index is 656. The molecule has 0 unspecified atom stereocenters. The van der Waals surface area contributed by atoms with Crippen LogP contribution in [0.3, 0.4) is 0 Å². The van der Waals surface area contributed by atoms with E-state index in [9.17, 15) is 9.90 Å². The van der Waals surface area contributed by atoms with E-state index in [2.05, 4.69) is 0 Å². The number of ether oxygens (including phenoxy) is 1. The van der Waals surface area contributed by atoms with Gasteiger partial charge in [0.25, 0.3) is 0 Å². The van der Waals surface area contributed by atoms with E-state index in [0.29, 0.717) is 37.7 Å². The maximum Gasteiger partial charge on any atom is 0.428 e. The maximum absolute atomic E-state index is 11.7. The summed E-state index contributed by atoms with van der Waals surface area (Å²) in [5, 5.41) is 12.2. The van der Waals surface area contributed by atoms with E-state index in [1.165, 1.54) is 4.90 Å². The number of phenols is 1. The maximum atomic E-state index is 11.7. The molecule has 1 amide bonds. The molecule has 0 aromatic heterocycles. The zero-order chi connectivity index (χ0) is 18.8. The third kappa shape index (κ3) is 3.79. The van der Waals surface area contributed by atoms with Gasteiger partial charge in [0, 0.05) is 45.7 Å². The smallest absolute Gasteiger partial charge is 0.428 e. The van der Waals surface area contributed by atoms with Gasteiger partial charge in [0.1, 0.15) is 5.75 Å². The van der Waals surface area contributed by atoms with Crippen LogP contribution in [-0.2, 0) is 16.0 Å². The van der Waals surface area contributed by atoms with Gasteiger partial charge in [0.15, 0.2) is 0 Å². The molecular weight excluding hydrogens is 334 g/mol. The average molecular weight is 363 g/mol. The molecular formula is C19H29N3O4. The highest BCUT2D eigenvalue weighted by Crippen LogP contribution is 2.40. The van der Waals surface area contributed by atoms with Gasteiger partial charge in [-0.25, -0.2) is 4.79 Å². The van der Waals surface area contributed by atoms with E-state index < -0.39 is 0 Å². The van der Waals surface area contributed by atoms with Crippen molar-refractivity contribution in [3.8, 4) is 5.75 Å². The molecule has 2 aliphatic heterocycles. The number of nitrogens with zero attached hydrogens (tertiary/aromatic N) is 2. The summed E-state index contributed by atoms with van der Waals surface area (Å²) in [5.41, 5.74) is 8.78. The Morgan fingerprint density at radius 2 is 2.08 bits per heavy atom. The molecule has 0 radical (unpaired) electrons. The number of phenolic OH excluding ortho intramolecular Hbond substituents is 1. The number of carbonyl (C=O) groups is 1. The second-order valence-electron chi connectivity index (χ2n) is 7.42. The van der Waals surface area contributed by atoms with Gasteiger partial charge in [-0.2, -0.15) is 0 Å². The first-order chi connectivity index (χ1) is 12.4. The highest BCUT2D eigenvalue weighted by atomic mass is 16.7. The molecule has 7 heteroatoms. The molecule has 3 rings (SSSR count). The van der Waals surface area contributed by atoms with Crippen molar-refractivity contribution in [3.63, 3.8) is 0 Å². The number of aryl methyl sites for hydroxylation is 1. The highest BCUT2D eigenvalue weighted by Gasteiger charge is 2.36. The zero-order valence-corrected chi connectivity index (χ0v) is 15.8. The number of aromatic hydroxyl groups is 1. The molecule has 144 valence electrons. The first-order valence-electron chi connectivity index (χ1n) is 9.21. The van der Waals surface area contributed by atoms with Crippen molar-refractivity contribution in [2.24, 2.45) is 11.7 Å². The van der Waals surface area contributed by atoms with Crippen molar-refractivity contribution in [1.29, 1.82) is 0 Å². The largest absolute Gasteiger partial charge is 0.507 e. The molecule has 1 aromatic carbocycles. The van der Waals surface area contributed by atoms with Gasteiger partial charge in [0.05, 0.1) is 12.2 Å². The lowest BCUT2D eigenvalue weighted by Crippen LogP contribution is -2.43. The Hall–Kier alpha value is -1.83. The Labute approximate surface area is 154 Å². The van der Waals surface area contributed by atoms with Gasteiger partial charge in [-0.3, -0.25) is 0 Å². The van der Waals surface area contributed by atoms with Crippen LogP contribution in [0, 0.1) is 12.8 Å². The van der Waals surface area contributed by atoms with Gasteiger partial charge in [-0.15, -0.1) is 5.06 Å². The van der Waals surface area contributed by atoms with E-state index in [4.69, 9.17) is 15.3 Å². The number of carbonyl (C=O) groups excluding carboxylic acids is 1. The summed E-state index contributed by atoms with van der Waals surface area (Å²) < 4.78 is 6.28. The number of fused-ring (bicyclic) bond motifs is 1. The Morgan fingerprint density at radius 3 is 2.69 bits per heavy atom. The number of benzene rings is 1. The van der Waals surface area contributed by atoms with E-state index in [1.807, 2.05) is 19.1 Å². The minimum absolute atomic E-state index is 0.0236. The quantitative estimate of drug-likeness (QED) is 0.854. The van der Waals surface area contributed by atoms with Crippen LogP contribution < -0.4 is 5.73 Å². The fraction of sp³-hybridized carbons (Fsp3) is 0.632. The van der Waals surface area contributed by atoms with Crippen LogP contribution >= 0.6 is 0 Å². The number of piperidine rings is 1. The predicted octanol–water partition coefficient (Wildman–Crippen LogP) is 1.97. The molecule has 2 aliphatic rings. The Kier molecular flexibility index (Phi) is 5.70. The fourth-order valence-electron chi connectivity index (χ4n) is 3.81. The highest BCUT2D eigenvalue weighted by molar-refractivity contribution is 5.66. The summed E-state index contributed by atoms with van der Waals surface area (Å²) in [7, 11) is 3.34. The normalized spacial score (nSPS) is 24.2. The van der Waals surface area contributed by atoms with Crippen LogP contribution in [0.25, 0.3) is 0 Å². The molecule has 1 saturated heterocycles. The molecule has 1 fully saturated rings. The third-order valence-electron chi connectivity index (χ3n) is 5.42. The minimum Gasteiger partial charge on any atom is -0.507 e. The van der Waals surface area contributed by atoms with Crippen LogP contribution in [0.4, 0.5) is 4.79 Å². The number of amides is 1. The first kappa shape index (κ1) is 18.9. The molecule has 26 heavy (non-hydrogen) atoms. The SMILES string of the molecule is Cc1ccc2c(c1O)C[C@@H](C1CCN(OC(=O)N(C)C)CC1)O[C@H]2CN. The molecule has 0 spiro atoms. The summed E-state index contributed by atoms with van der Waals surface area (Å²) in [4.78, 5) is 18.4. The Morgan fingerprint density at radius 1 is 1.38 bits per heavy atom. The van der Waals surface area contributed by atoms with Crippen molar-refractivity contribution in [2.45, 2.75) is 38.4 Å². The summed E-state index contributed by atoms with van der Waals surface area (Å²) in [6.07, 6.45) is 1.95. The van der Waals surface area contributed by atoms with Gasteiger partial charge in [-0.1, -0.05) is 12.1 Å². The Balaban J connectivity index is 1.66. The first-order valence-corrected chi connectivity index (χ1v) is 9.21. The van der Waals surface area contributed by atoms with Crippen molar-refractivity contribution in [3.05, 3.63) is 28.8 Å². The second-order valence-corrected chi connectivity index (χ2v) is 7.42. The van der Waals surface area contributed by atoms with Crippen LogP contribution in [0.2, 0.25) is 0 Å². The van der Waals surface area contributed by atoms with Gasteiger partial charge >= 0.3 is 6.09 Å². The monoisotopic (exact) mass is 363 g/mol. The summed E-state index contributed by atoms with van der Waals surface area (Å²) >= 11 is 0. The molecule has 0 saturated carbocycles. The van der Waals surface area contributed by atoms with Crippen LogP contribution in [0.5, 0.6) is 5.75 Å². The summed E-state index contributed by atoms with van der Waals surface area (Å²) in [5.74, 6) is 0.720. The van der Waals surface area contributed by atoms with Crippen molar-refractivity contribution in [1.82, 2.24) is 9.96 Å². The molecule has 3 N–H and O–H groups in total. The average Bonchev–Trinajstić information content (AvgIpc) is 2.64. The van der Waals surface area contributed by atoms with Gasteiger partial charge in [-0.05, 0) is 36.8 Å². The number of hydroxylamine groups is 2. The minimum atomic E-state index is -0.352. The van der Waals surface area contributed by atoms with E-state index in [1.54, 1.807) is 19.2 Å². The molecule has 1 aromatic rings. The molecule has 2 heterocycles. The van der Waals surface area contributed by atoms with E-state index in [-0.39, 0.29) is 18.3 Å². The summed E-state index contributed by atoms with van der Waals surface area (Å²) in [6, 6.07) is 3.93. The fourth-order valence-corrected chi connectivity index (χ4v) is 3.81. The van der Waals surface area contributed by atoms with Crippen molar-refractivity contribution in [2.75, 3.05) is 33.7 Å². The van der Waals surface area contributed by atoms with Gasteiger partial charge < -0.3 is 25.3 Å². The lowest BCUT2D eigenvalue weighted by Gasteiger charge is -2.40.